The minimum Gasteiger partial charge on any atom is -0.495 e. The van der Waals surface area contributed by atoms with Gasteiger partial charge in [0.05, 0.1) is 18.3 Å². The van der Waals surface area contributed by atoms with E-state index in [-0.39, 0.29) is 0 Å². The highest BCUT2D eigenvalue weighted by Crippen LogP contribution is 2.24. The molecule has 2 aromatic carbocycles. The molecule has 0 radical (unpaired) electrons. The minimum absolute atomic E-state index is 0.321. The van der Waals surface area contributed by atoms with Crippen LogP contribution in [0.1, 0.15) is 15.9 Å². The van der Waals surface area contributed by atoms with E-state index in [4.69, 9.17) is 16.3 Å². The first-order chi connectivity index (χ1) is 10.1. The van der Waals surface area contributed by atoms with E-state index in [2.05, 4.69) is 10.5 Å². The van der Waals surface area contributed by atoms with Gasteiger partial charge in [0.1, 0.15) is 11.6 Å². The third-order valence-electron chi connectivity index (χ3n) is 2.66. The minimum atomic E-state index is -0.425. The summed E-state index contributed by atoms with van der Waals surface area (Å²) in [6, 6.07) is 10.3. The Hall–Kier alpha value is -2.40. The molecule has 0 saturated heterocycles. The Kier molecular flexibility index (Phi) is 4.90. The SMILES string of the molecule is COc1ccc(/C=N\NC(=O)c2ccc(F)cc2)cc1Cl. The number of halogens is 2. The lowest BCUT2D eigenvalue weighted by Crippen LogP contribution is -2.17. The Morgan fingerprint density at radius 2 is 2.00 bits per heavy atom. The topological polar surface area (TPSA) is 50.7 Å². The van der Waals surface area contributed by atoms with Crippen molar-refractivity contribution in [1.29, 1.82) is 0 Å². The van der Waals surface area contributed by atoms with Crippen molar-refractivity contribution in [2.45, 2.75) is 0 Å². The van der Waals surface area contributed by atoms with E-state index >= 15 is 0 Å². The van der Waals surface area contributed by atoms with Crippen molar-refractivity contribution in [3.05, 3.63) is 64.4 Å². The van der Waals surface area contributed by atoms with Gasteiger partial charge in [0.15, 0.2) is 0 Å². The van der Waals surface area contributed by atoms with Crippen molar-refractivity contribution in [1.82, 2.24) is 5.43 Å². The molecule has 21 heavy (non-hydrogen) atoms. The highest BCUT2D eigenvalue weighted by molar-refractivity contribution is 6.32. The lowest BCUT2D eigenvalue weighted by molar-refractivity contribution is 0.0955. The van der Waals surface area contributed by atoms with E-state index in [1.165, 1.54) is 37.6 Å². The van der Waals surface area contributed by atoms with Crippen molar-refractivity contribution in [3.8, 4) is 5.75 Å². The van der Waals surface area contributed by atoms with Gasteiger partial charge in [-0.2, -0.15) is 5.10 Å². The molecule has 108 valence electrons. The summed E-state index contributed by atoms with van der Waals surface area (Å²) in [6.07, 6.45) is 1.45. The molecule has 0 unspecified atom stereocenters. The Bertz CT molecular complexity index is 672. The molecular weight excluding hydrogens is 295 g/mol. The maximum absolute atomic E-state index is 12.7. The van der Waals surface area contributed by atoms with Gasteiger partial charge in [-0.25, -0.2) is 9.82 Å². The third-order valence-corrected chi connectivity index (χ3v) is 2.96. The fourth-order valence-electron chi connectivity index (χ4n) is 1.59. The average molecular weight is 307 g/mol. The Morgan fingerprint density at radius 1 is 1.29 bits per heavy atom. The Morgan fingerprint density at radius 3 is 2.62 bits per heavy atom. The molecule has 2 rings (SSSR count). The highest BCUT2D eigenvalue weighted by Gasteiger charge is 2.04. The monoisotopic (exact) mass is 306 g/mol. The van der Waals surface area contributed by atoms with E-state index in [9.17, 15) is 9.18 Å². The summed E-state index contributed by atoms with van der Waals surface area (Å²) in [5.74, 6) is -0.266. The predicted octanol–water partition coefficient (Wildman–Crippen LogP) is 3.25. The van der Waals surface area contributed by atoms with Crippen LogP contribution in [0.25, 0.3) is 0 Å². The standard InChI is InChI=1S/C15H12ClFN2O2/c1-21-14-7-2-10(8-13(14)16)9-18-19-15(20)11-3-5-12(17)6-4-11/h2-9H,1H3,(H,19,20)/b18-9-. The van der Waals surface area contributed by atoms with Crippen LogP contribution >= 0.6 is 11.6 Å². The van der Waals surface area contributed by atoms with Gasteiger partial charge in [0.2, 0.25) is 0 Å². The quantitative estimate of drug-likeness (QED) is 0.696. The van der Waals surface area contributed by atoms with E-state index in [0.29, 0.717) is 21.9 Å². The van der Waals surface area contributed by atoms with Crippen LogP contribution in [-0.4, -0.2) is 19.2 Å². The number of carbonyl (C=O) groups excluding carboxylic acids is 1. The number of nitrogens with zero attached hydrogens (tertiary/aromatic N) is 1. The van der Waals surface area contributed by atoms with Gasteiger partial charge < -0.3 is 4.74 Å². The van der Waals surface area contributed by atoms with Crippen molar-refractivity contribution in [3.63, 3.8) is 0 Å². The molecule has 0 aliphatic carbocycles. The van der Waals surface area contributed by atoms with Crippen LogP contribution in [0, 0.1) is 5.82 Å². The van der Waals surface area contributed by atoms with Crippen molar-refractivity contribution < 1.29 is 13.9 Å². The van der Waals surface area contributed by atoms with E-state index in [1.807, 2.05) is 0 Å². The molecule has 0 aromatic heterocycles. The molecule has 1 N–H and O–H groups in total. The number of ether oxygens (including phenoxy) is 1. The van der Waals surface area contributed by atoms with Gasteiger partial charge in [-0.1, -0.05) is 11.6 Å². The number of hydrogen-bond donors (Lipinski definition) is 1. The molecule has 0 atom stereocenters. The second-order valence-electron chi connectivity index (χ2n) is 4.10. The van der Waals surface area contributed by atoms with E-state index in [0.717, 1.165) is 0 Å². The second-order valence-corrected chi connectivity index (χ2v) is 4.51. The van der Waals surface area contributed by atoms with Gasteiger partial charge in [0.25, 0.3) is 5.91 Å². The number of rotatable bonds is 4. The number of hydrogen-bond acceptors (Lipinski definition) is 3. The van der Waals surface area contributed by atoms with Gasteiger partial charge in [0, 0.05) is 5.56 Å². The first-order valence-electron chi connectivity index (χ1n) is 6.02. The number of benzene rings is 2. The zero-order valence-corrected chi connectivity index (χ0v) is 11.9. The zero-order valence-electron chi connectivity index (χ0n) is 11.1. The average Bonchev–Trinajstić information content (AvgIpc) is 2.48. The summed E-state index contributed by atoms with van der Waals surface area (Å²) in [6.45, 7) is 0. The molecule has 0 saturated carbocycles. The maximum atomic E-state index is 12.7. The van der Waals surface area contributed by atoms with E-state index < -0.39 is 11.7 Å². The molecule has 0 heterocycles. The fourth-order valence-corrected chi connectivity index (χ4v) is 1.86. The number of nitrogens with one attached hydrogen (secondary N) is 1. The van der Waals surface area contributed by atoms with Crippen molar-refractivity contribution in [2.24, 2.45) is 5.10 Å². The summed E-state index contributed by atoms with van der Waals surface area (Å²) in [7, 11) is 1.53. The molecule has 6 heteroatoms. The Labute approximate surface area is 126 Å². The largest absolute Gasteiger partial charge is 0.495 e. The van der Waals surface area contributed by atoms with Crippen LogP contribution in [0.2, 0.25) is 5.02 Å². The molecule has 0 spiro atoms. The molecular formula is C15H12ClFN2O2. The number of carbonyl (C=O) groups is 1. The first-order valence-corrected chi connectivity index (χ1v) is 6.40. The predicted molar refractivity (Wildman–Crippen MR) is 79.5 cm³/mol. The fraction of sp³-hybridized carbons (Fsp3) is 0.0667. The van der Waals surface area contributed by atoms with Crippen molar-refractivity contribution in [2.75, 3.05) is 7.11 Å². The van der Waals surface area contributed by atoms with Gasteiger partial charge >= 0.3 is 0 Å². The van der Waals surface area contributed by atoms with Crippen LogP contribution < -0.4 is 10.2 Å². The van der Waals surface area contributed by atoms with Crippen molar-refractivity contribution >= 4 is 23.7 Å². The molecule has 0 fully saturated rings. The van der Waals surface area contributed by atoms with E-state index in [1.54, 1.807) is 18.2 Å². The summed E-state index contributed by atoms with van der Waals surface area (Å²) in [4.78, 5) is 11.7. The lowest BCUT2D eigenvalue weighted by Gasteiger charge is -2.03. The molecule has 2 aromatic rings. The Balaban J connectivity index is 2.00. The van der Waals surface area contributed by atoms with Gasteiger partial charge in [-0.15, -0.1) is 0 Å². The highest BCUT2D eigenvalue weighted by atomic mass is 35.5. The summed E-state index contributed by atoms with van der Waals surface area (Å²) in [5.41, 5.74) is 3.38. The van der Waals surface area contributed by atoms with Crippen LogP contribution in [0.3, 0.4) is 0 Å². The third kappa shape index (κ3) is 4.03. The molecule has 4 nitrogen and oxygen atoms in total. The molecule has 0 aliphatic heterocycles. The zero-order chi connectivity index (χ0) is 15.2. The number of methoxy groups -OCH3 is 1. The van der Waals surface area contributed by atoms with Crippen LogP contribution in [-0.2, 0) is 0 Å². The molecule has 1 amide bonds. The molecule has 0 bridgehead atoms. The lowest BCUT2D eigenvalue weighted by atomic mass is 10.2. The molecule has 0 aliphatic rings. The van der Waals surface area contributed by atoms with Gasteiger partial charge in [-0.05, 0) is 48.0 Å². The number of hydrazone groups is 1. The normalized spacial score (nSPS) is 10.6. The first kappa shape index (κ1) is 15.0. The van der Waals surface area contributed by atoms with Gasteiger partial charge in [-0.3, -0.25) is 4.79 Å². The van der Waals surface area contributed by atoms with Crippen LogP contribution in [0.5, 0.6) is 5.75 Å². The van der Waals surface area contributed by atoms with Crippen LogP contribution in [0.15, 0.2) is 47.6 Å². The smallest absolute Gasteiger partial charge is 0.271 e. The number of amides is 1. The maximum Gasteiger partial charge on any atom is 0.271 e. The summed E-state index contributed by atoms with van der Waals surface area (Å²) in [5, 5.41) is 4.27. The summed E-state index contributed by atoms with van der Waals surface area (Å²) < 4.78 is 17.8. The van der Waals surface area contributed by atoms with Crippen LogP contribution in [0.4, 0.5) is 4.39 Å². The summed E-state index contributed by atoms with van der Waals surface area (Å²) >= 11 is 5.97. The second kappa shape index (κ2) is 6.85.